The highest BCUT2D eigenvalue weighted by molar-refractivity contribution is 7.88. The standard InChI is InChI=1S/C11H17N3O2S/c1-9-7-11(3-5-12-9)14-6-4-10(8-14)13-17(2,15)16/h3,5,7,10,13H,4,6,8H2,1-2H3. The monoisotopic (exact) mass is 255 g/mol. The van der Waals surface area contributed by atoms with E-state index in [1.54, 1.807) is 6.20 Å². The number of anilines is 1. The van der Waals surface area contributed by atoms with Crippen molar-refractivity contribution in [1.82, 2.24) is 9.71 Å². The first kappa shape index (κ1) is 12.3. The second kappa shape index (κ2) is 4.62. The minimum absolute atomic E-state index is 0.0125. The molecule has 5 nitrogen and oxygen atoms in total. The quantitative estimate of drug-likeness (QED) is 0.855. The fourth-order valence-electron chi connectivity index (χ4n) is 2.12. The van der Waals surface area contributed by atoms with Crippen LogP contribution in [0.2, 0.25) is 0 Å². The number of aryl methyl sites for hydroxylation is 1. The number of sulfonamides is 1. The van der Waals surface area contributed by atoms with Gasteiger partial charge in [0.05, 0.1) is 6.26 Å². The van der Waals surface area contributed by atoms with Gasteiger partial charge in [-0.25, -0.2) is 13.1 Å². The highest BCUT2D eigenvalue weighted by Crippen LogP contribution is 2.20. The molecule has 0 aliphatic carbocycles. The van der Waals surface area contributed by atoms with Crippen LogP contribution in [-0.2, 0) is 10.0 Å². The number of nitrogens with zero attached hydrogens (tertiary/aromatic N) is 2. The molecule has 1 aliphatic heterocycles. The van der Waals surface area contributed by atoms with E-state index in [2.05, 4.69) is 14.6 Å². The maximum absolute atomic E-state index is 11.1. The molecule has 1 N–H and O–H groups in total. The van der Waals surface area contributed by atoms with Crippen LogP contribution in [0.15, 0.2) is 18.3 Å². The van der Waals surface area contributed by atoms with Crippen LogP contribution in [0.1, 0.15) is 12.1 Å². The third-order valence-corrected chi connectivity index (χ3v) is 3.58. The molecule has 0 saturated carbocycles. The molecule has 2 heterocycles. The predicted octanol–water partition coefficient (Wildman–Crippen LogP) is 0.518. The Kier molecular flexibility index (Phi) is 3.35. The summed E-state index contributed by atoms with van der Waals surface area (Å²) in [5, 5.41) is 0. The SMILES string of the molecule is Cc1cc(N2CCC(NS(C)(=O)=O)C2)ccn1. The lowest BCUT2D eigenvalue weighted by Gasteiger charge is -2.18. The van der Waals surface area contributed by atoms with Gasteiger partial charge in [0.15, 0.2) is 0 Å². The van der Waals surface area contributed by atoms with Crippen molar-refractivity contribution in [2.45, 2.75) is 19.4 Å². The normalized spacial score (nSPS) is 20.8. The Balaban J connectivity index is 2.03. The van der Waals surface area contributed by atoms with E-state index < -0.39 is 10.0 Å². The summed E-state index contributed by atoms with van der Waals surface area (Å²) in [6.07, 6.45) is 3.82. The highest BCUT2D eigenvalue weighted by atomic mass is 32.2. The zero-order valence-corrected chi connectivity index (χ0v) is 10.9. The molecule has 1 atom stereocenters. The Labute approximate surface area is 102 Å². The fourth-order valence-corrected chi connectivity index (χ4v) is 2.92. The lowest BCUT2D eigenvalue weighted by Crippen LogP contribution is -2.36. The van der Waals surface area contributed by atoms with Crippen molar-refractivity contribution in [1.29, 1.82) is 0 Å². The van der Waals surface area contributed by atoms with Crippen molar-refractivity contribution in [2.75, 3.05) is 24.2 Å². The summed E-state index contributed by atoms with van der Waals surface area (Å²) in [6.45, 7) is 3.54. The van der Waals surface area contributed by atoms with Crippen molar-refractivity contribution in [3.05, 3.63) is 24.0 Å². The van der Waals surface area contributed by atoms with Crippen LogP contribution in [0.25, 0.3) is 0 Å². The molecule has 1 fully saturated rings. The molecular formula is C11H17N3O2S. The molecule has 1 saturated heterocycles. The van der Waals surface area contributed by atoms with Crippen molar-refractivity contribution in [3.63, 3.8) is 0 Å². The molecule has 2 rings (SSSR count). The van der Waals surface area contributed by atoms with Crippen molar-refractivity contribution < 1.29 is 8.42 Å². The summed E-state index contributed by atoms with van der Waals surface area (Å²) in [6, 6.07) is 3.98. The molecule has 0 spiro atoms. The zero-order valence-electron chi connectivity index (χ0n) is 10.0. The molecule has 0 aromatic carbocycles. The molecule has 1 aromatic rings. The minimum Gasteiger partial charge on any atom is -0.370 e. The van der Waals surface area contributed by atoms with Gasteiger partial charge in [-0.05, 0) is 25.5 Å². The average Bonchev–Trinajstić information content (AvgIpc) is 2.63. The first-order valence-corrected chi connectivity index (χ1v) is 7.48. The van der Waals surface area contributed by atoms with Crippen LogP contribution < -0.4 is 9.62 Å². The van der Waals surface area contributed by atoms with Gasteiger partial charge in [0.2, 0.25) is 10.0 Å². The molecular weight excluding hydrogens is 238 g/mol. The lowest BCUT2D eigenvalue weighted by atomic mass is 10.3. The average molecular weight is 255 g/mol. The smallest absolute Gasteiger partial charge is 0.209 e. The number of nitrogens with one attached hydrogen (secondary N) is 1. The van der Waals surface area contributed by atoms with E-state index in [4.69, 9.17) is 0 Å². The molecule has 1 unspecified atom stereocenters. The molecule has 94 valence electrons. The Hall–Kier alpha value is -1.14. The third kappa shape index (κ3) is 3.41. The highest BCUT2D eigenvalue weighted by Gasteiger charge is 2.24. The Morgan fingerprint density at radius 3 is 2.94 bits per heavy atom. The third-order valence-electron chi connectivity index (χ3n) is 2.81. The number of rotatable bonds is 3. The first-order valence-electron chi connectivity index (χ1n) is 5.59. The topological polar surface area (TPSA) is 62.3 Å². The van der Waals surface area contributed by atoms with Crippen molar-refractivity contribution in [3.8, 4) is 0 Å². The summed E-state index contributed by atoms with van der Waals surface area (Å²) in [5.41, 5.74) is 2.08. The Morgan fingerprint density at radius 2 is 2.29 bits per heavy atom. The maximum Gasteiger partial charge on any atom is 0.209 e. The van der Waals surface area contributed by atoms with Crippen molar-refractivity contribution >= 4 is 15.7 Å². The van der Waals surface area contributed by atoms with Crippen LogP contribution >= 0.6 is 0 Å². The lowest BCUT2D eigenvalue weighted by molar-refractivity contribution is 0.567. The summed E-state index contributed by atoms with van der Waals surface area (Å²) in [7, 11) is -3.11. The second-order valence-electron chi connectivity index (χ2n) is 4.48. The van der Waals surface area contributed by atoms with E-state index in [1.807, 2.05) is 19.1 Å². The van der Waals surface area contributed by atoms with Gasteiger partial charge in [-0.1, -0.05) is 0 Å². The Morgan fingerprint density at radius 1 is 1.53 bits per heavy atom. The van der Waals surface area contributed by atoms with Crippen molar-refractivity contribution in [2.24, 2.45) is 0 Å². The largest absolute Gasteiger partial charge is 0.370 e. The van der Waals surface area contributed by atoms with E-state index in [0.717, 1.165) is 30.9 Å². The first-order chi connectivity index (χ1) is 7.94. The fraction of sp³-hybridized carbons (Fsp3) is 0.545. The van der Waals surface area contributed by atoms with Crippen LogP contribution in [-0.4, -0.2) is 38.8 Å². The molecule has 17 heavy (non-hydrogen) atoms. The van der Waals surface area contributed by atoms with Gasteiger partial charge < -0.3 is 4.90 Å². The van der Waals surface area contributed by atoms with Gasteiger partial charge in [-0.3, -0.25) is 4.98 Å². The van der Waals surface area contributed by atoms with Gasteiger partial charge in [0, 0.05) is 36.7 Å². The van der Waals surface area contributed by atoms with Crippen LogP contribution in [0.3, 0.4) is 0 Å². The predicted molar refractivity (Wildman–Crippen MR) is 67.6 cm³/mol. The van der Waals surface area contributed by atoms with E-state index in [9.17, 15) is 8.42 Å². The number of hydrogen-bond donors (Lipinski definition) is 1. The van der Waals surface area contributed by atoms with E-state index in [-0.39, 0.29) is 6.04 Å². The van der Waals surface area contributed by atoms with E-state index in [1.165, 1.54) is 6.26 Å². The molecule has 0 radical (unpaired) electrons. The molecule has 6 heteroatoms. The molecule has 0 bridgehead atoms. The summed E-state index contributed by atoms with van der Waals surface area (Å²) in [5.74, 6) is 0. The zero-order chi connectivity index (χ0) is 12.5. The van der Waals surface area contributed by atoms with Gasteiger partial charge in [-0.15, -0.1) is 0 Å². The number of hydrogen-bond acceptors (Lipinski definition) is 4. The minimum atomic E-state index is -3.11. The van der Waals surface area contributed by atoms with Gasteiger partial charge in [-0.2, -0.15) is 0 Å². The van der Waals surface area contributed by atoms with E-state index >= 15 is 0 Å². The summed E-state index contributed by atoms with van der Waals surface area (Å²) >= 11 is 0. The van der Waals surface area contributed by atoms with Crippen LogP contribution in [0.4, 0.5) is 5.69 Å². The number of aromatic nitrogens is 1. The summed E-state index contributed by atoms with van der Waals surface area (Å²) in [4.78, 5) is 6.33. The summed E-state index contributed by atoms with van der Waals surface area (Å²) < 4.78 is 24.9. The van der Waals surface area contributed by atoms with Gasteiger partial charge >= 0.3 is 0 Å². The molecule has 1 aliphatic rings. The Bertz CT molecular complexity index is 501. The molecule has 1 aromatic heterocycles. The number of pyridine rings is 1. The van der Waals surface area contributed by atoms with Gasteiger partial charge in [0.25, 0.3) is 0 Å². The van der Waals surface area contributed by atoms with Crippen LogP contribution in [0, 0.1) is 6.92 Å². The maximum atomic E-state index is 11.1. The second-order valence-corrected chi connectivity index (χ2v) is 6.26. The molecule has 0 amide bonds. The van der Waals surface area contributed by atoms with E-state index in [0.29, 0.717) is 0 Å². The van der Waals surface area contributed by atoms with Crippen LogP contribution in [0.5, 0.6) is 0 Å². The van der Waals surface area contributed by atoms with Gasteiger partial charge in [0.1, 0.15) is 0 Å².